The van der Waals surface area contributed by atoms with Crippen LogP contribution in [0.1, 0.15) is 58.0 Å². The number of hydrogen-bond acceptors (Lipinski definition) is 6. The molecule has 2 aromatic heterocycles. The second-order valence-corrected chi connectivity index (χ2v) is 6.37. The maximum atomic E-state index is 12.6. The Kier molecular flexibility index (Phi) is 4.21. The summed E-state index contributed by atoms with van der Waals surface area (Å²) < 4.78 is 35.1. The normalized spacial score (nSPS) is 16.0. The molecule has 0 saturated carbocycles. The number of nitrogens with zero attached hydrogens (tertiary/aromatic N) is 3. The number of alkyl halides is 2. The second-order valence-electron chi connectivity index (χ2n) is 6.37. The number of fused-ring (bicyclic) bond motifs is 1. The zero-order valence-corrected chi connectivity index (χ0v) is 14.6. The highest BCUT2D eigenvalue weighted by Crippen LogP contribution is 2.34. The predicted octanol–water partition coefficient (Wildman–Crippen LogP) is 3.70. The average Bonchev–Trinajstić information content (AvgIpc) is 3.33. The fourth-order valence-electron chi connectivity index (χ4n) is 3.31. The molecule has 9 heteroatoms. The third-order valence-electron chi connectivity index (χ3n) is 4.53. The average molecular weight is 374 g/mol. The number of nitrogens with one attached hydrogen (secondary N) is 1. The zero-order valence-electron chi connectivity index (χ0n) is 14.6. The molecule has 1 N–H and O–H groups in total. The number of benzene rings is 1. The van der Waals surface area contributed by atoms with Gasteiger partial charge in [-0.1, -0.05) is 17.3 Å². The van der Waals surface area contributed by atoms with Crippen molar-refractivity contribution < 1.29 is 22.5 Å². The highest BCUT2D eigenvalue weighted by molar-refractivity contribution is 5.93. The Labute approximate surface area is 152 Å². The van der Waals surface area contributed by atoms with Crippen molar-refractivity contribution in [3.8, 4) is 11.4 Å². The fraction of sp³-hybridized carbons (Fsp3) is 0.333. The molecule has 0 fully saturated rings. The molecule has 1 aromatic carbocycles. The fourth-order valence-corrected chi connectivity index (χ4v) is 3.31. The van der Waals surface area contributed by atoms with Crippen LogP contribution < -0.4 is 5.32 Å². The SMILES string of the molecule is Cc1nc(C(=O)NC2CCc3cc(-c4noc(C(F)F)n4)ccc32)c(C)o1. The van der Waals surface area contributed by atoms with Crippen molar-refractivity contribution in [1.82, 2.24) is 20.4 Å². The van der Waals surface area contributed by atoms with E-state index in [0.29, 0.717) is 17.2 Å². The first kappa shape index (κ1) is 17.3. The lowest BCUT2D eigenvalue weighted by molar-refractivity contribution is 0.0930. The minimum atomic E-state index is -2.80. The number of carbonyl (C=O) groups excluding carboxylic acids is 1. The van der Waals surface area contributed by atoms with Crippen molar-refractivity contribution >= 4 is 5.91 Å². The first-order valence-corrected chi connectivity index (χ1v) is 8.42. The summed E-state index contributed by atoms with van der Waals surface area (Å²) >= 11 is 0. The van der Waals surface area contributed by atoms with Gasteiger partial charge < -0.3 is 14.3 Å². The topological polar surface area (TPSA) is 94.1 Å². The van der Waals surface area contributed by atoms with Gasteiger partial charge in [-0.15, -0.1) is 0 Å². The molecule has 1 atom stereocenters. The molecular weight excluding hydrogens is 358 g/mol. The van der Waals surface area contributed by atoms with E-state index in [2.05, 4.69) is 25.0 Å². The van der Waals surface area contributed by atoms with Crippen LogP contribution in [-0.4, -0.2) is 21.0 Å². The molecule has 140 valence electrons. The summed E-state index contributed by atoms with van der Waals surface area (Å²) in [6, 6.07) is 5.27. The van der Waals surface area contributed by atoms with E-state index in [1.165, 1.54) is 0 Å². The highest BCUT2D eigenvalue weighted by atomic mass is 19.3. The smallest absolute Gasteiger partial charge is 0.315 e. The van der Waals surface area contributed by atoms with Gasteiger partial charge in [-0.3, -0.25) is 4.79 Å². The molecule has 0 aliphatic heterocycles. The molecule has 27 heavy (non-hydrogen) atoms. The Morgan fingerprint density at radius 2 is 2.11 bits per heavy atom. The van der Waals surface area contributed by atoms with E-state index in [4.69, 9.17) is 4.42 Å². The van der Waals surface area contributed by atoms with Crippen molar-refractivity contribution in [2.75, 3.05) is 0 Å². The van der Waals surface area contributed by atoms with E-state index in [9.17, 15) is 13.6 Å². The first-order chi connectivity index (χ1) is 12.9. The monoisotopic (exact) mass is 374 g/mol. The van der Waals surface area contributed by atoms with E-state index in [1.807, 2.05) is 12.1 Å². The van der Waals surface area contributed by atoms with Gasteiger partial charge in [-0.2, -0.15) is 13.8 Å². The molecule has 7 nitrogen and oxygen atoms in total. The lowest BCUT2D eigenvalue weighted by Gasteiger charge is -2.13. The molecular formula is C18H16F2N4O3. The van der Waals surface area contributed by atoms with Gasteiger partial charge in [0.1, 0.15) is 5.76 Å². The number of aromatic nitrogens is 3. The summed E-state index contributed by atoms with van der Waals surface area (Å²) in [7, 11) is 0. The number of hydrogen-bond donors (Lipinski definition) is 1. The van der Waals surface area contributed by atoms with Crippen LogP contribution in [0.3, 0.4) is 0 Å². The lowest BCUT2D eigenvalue weighted by atomic mass is 10.0. The third kappa shape index (κ3) is 3.20. The summed E-state index contributed by atoms with van der Waals surface area (Å²) in [6.45, 7) is 3.38. The summed E-state index contributed by atoms with van der Waals surface area (Å²) in [5, 5.41) is 6.57. The van der Waals surface area contributed by atoms with Gasteiger partial charge in [0.2, 0.25) is 5.82 Å². The number of rotatable bonds is 4. The molecule has 2 heterocycles. The van der Waals surface area contributed by atoms with Crippen LogP contribution >= 0.6 is 0 Å². The van der Waals surface area contributed by atoms with Gasteiger partial charge in [0.05, 0.1) is 6.04 Å². The molecule has 0 spiro atoms. The maximum Gasteiger partial charge on any atom is 0.315 e. The van der Waals surface area contributed by atoms with Crippen LogP contribution in [0.4, 0.5) is 8.78 Å². The number of amides is 1. The zero-order chi connectivity index (χ0) is 19.1. The first-order valence-electron chi connectivity index (χ1n) is 8.42. The lowest BCUT2D eigenvalue weighted by Crippen LogP contribution is -2.28. The molecule has 0 radical (unpaired) electrons. The van der Waals surface area contributed by atoms with Crippen molar-refractivity contribution in [1.29, 1.82) is 0 Å². The Balaban J connectivity index is 1.54. The highest BCUT2D eigenvalue weighted by Gasteiger charge is 2.27. The Bertz CT molecular complexity index is 1010. The molecule has 1 unspecified atom stereocenters. The molecule has 0 saturated heterocycles. The largest absolute Gasteiger partial charge is 0.445 e. The van der Waals surface area contributed by atoms with Crippen LogP contribution in [0.5, 0.6) is 0 Å². The Morgan fingerprint density at radius 1 is 1.30 bits per heavy atom. The predicted molar refractivity (Wildman–Crippen MR) is 89.2 cm³/mol. The number of carbonyl (C=O) groups is 1. The van der Waals surface area contributed by atoms with Crippen molar-refractivity contribution in [3.05, 3.63) is 52.6 Å². The minimum Gasteiger partial charge on any atom is -0.445 e. The van der Waals surface area contributed by atoms with E-state index in [-0.39, 0.29) is 23.5 Å². The molecule has 4 rings (SSSR count). The Morgan fingerprint density at radius 3 is 2.78 bits per heavy atom. The number of aryl methyl sites for hydroxylation is 3. The van der Waals surface area contributed by atoms with Crippen LogP contribution in [0.15, 0.2) is 27.1 Å². The van der Waals surface area contributed by atoms with Gasteiger partial charge in [-0.25, -0.2) is 4.98 Å². The summed E-state index contributed by atoms with van der Waals surface area (Å²) in [4.78, 5) is 20.3. The van der Waals surface area contributed by atoms with Gasteiger partial charge in [0, 0.05) is 12.5 Å². The molecule has 1 amide bonds. The van der Waals surface area contributed by atoms with E-state index >= 15 is 0 Å². The van der Waals surface area contributed by atoms with Crippen LogP contribution in [0.25, 0.3) is 11.4 Å². The molecule has 0 bridgehead atoms. The summed E-state index contributed by atoms with van der Waals surface area (Å²) in [6.07, 6.45) is -1.33. The quantitative estimate of drug-likeness (QED) is 0.748. The van der Waals surface area contributed by atoms with E-state index in [1.54, 1.807) is 19.9 Å². The van der Waals surface area contributed by atoms with Crippen molar-refractivity contribution in [2.24, 2.45) is 0 Å². The van der Waals surface area contributed by atoms with Gasteiger partial charge in [0.15, 0.2) is 11.6 Å². The maximum absolute atomic E-state index is 12.6. The standard InChI is InChI=1S/C18H16F2N4O3/c1-8-14(21-9(2)26-8)17(25)22-13-6-4-10-7-11(3-5-12(10)13)16-23-18(15(19)20)27-24-16/h3,5,7,13,15H,4,6H2,1-2H3,(H,22,25). The minimum absolute atomic E-state index is 0.120. The van der Waals surface area contributed by atoms with Crippen molar-refractivity contribution in [2.45, 2.75) is 39.2 Å². The van der Waals surface area contributed by atoms with E-state index < -0.39 is 12.3 Å². The molecule has 1 aliphatic carbocycles. The second kappa shape index (κ2) is 6.57. The number of oxazole rings is 1. The van der Waals surface area contributed by atoms with E-state index in [0.717, 1.165) is 24.0 Å². The van der Waals surface area contributed by atoms with Gasteiger partial charge in [0.25, 0.3) is 11.8 Å². The van der Waals surface area contributed by atoms with Crippen LogP contribution in [-0.2, 0) is 6.42 Å². The van der Waals surface area contributed by atoms with Gasteiger partial charge in [-0.05, 0) is 37.0 Å². The number of halogens is 2. The summed E-state index contributed by atoms with van der Waals surface area (Å²) in [5.74, 6) is 0.0529. The Hall–Kier alpha value is -3.10. The molecule has 3 aromatic rings. The van der Waals surface area contributed by atoms with Crippen LogP contribution in [0, 0.1) is 13.8 Å². The molecule has 1 aliphatic rings. The van der Waals surface area contributed by atoms with Crippen LogP contribution in [0.2, 0.25) is 0 Å². The van der Waals surface area contributed by atoms with Crippen molar-refractivity contribution in [3.63, 3.8) is 0 Å². The summed E-state index contributed by atoms with van der Waals surface area (Å²) in [5.41, 5.74) is 2.86. The third-order valence-corrected chi connectivity index (χ3v) is 4.53. The van der Waals surface area contributed by atoms with Gasteiger partial charge >= 0.3 is 6.43 Å².